The van der Waals surface area contributed by atoms with Gasteiger partial charge in [-0.2, -0.15) is 4.99 Å². The van der Waals surface area contributed by atoms with Crippen LogP contribution in [-0.2, 0) is 9.53 Å². The summed E-state index contributed by atoms with van der Waals surface area (Å²) in [7, 11) is 0. The lowest BCUT2D eigenvalue weighted by atomic mass is 10.2. The molecule has 2 atom stereocenters. The van der Waals surface area contributed by atoms with Crippen molar-refractivity contribution in [1.29, 1.82) is 0 Å². The van der Waals surface area contributed by atoms with Crippen molar-refractivity contribution in [3.63, 3.8) is 0 Å². The molecule has 0 N–H and O–H groups in total. The van der Waals surface area contributed by atoms with Gasteiger partial charge >= 0.3 is 0 Å². The fraction of sp³-hybridized carbons (Fsp3) is 0.375. The zero-order valence-electron chi connectivity index (χ0n) is 12.2. The molecule has 110 valence electrons. The summed E-state index contributed by atoms with van der Waals surface area (Å²) in [5.74, 6) is -0.148. The molecule has 0 bridgehead atoms. The number of aliphatic imine (C=N–C) groups is 1. The molecule has 1 fully saturated rings. The molecule has 3 rings (SSSR count). The van der Waals surface area contributed by atoms with Crippen LogP contribution in [0.1, 0.15) is 19.4 Å². The van der Waals surface area contributed by atoms with Gasteiger partial charge in [-0.1, -0.05) is 30.3 Å². The summed E-state index contributed by atoms with van der Waals surface area (Å²) in [6.07, 6.45) is 2.22. The van der Waals surface area contributed by atoms with E-state index >= 15 is 0 Å². The third-order valence-electron chi connectivity index (χ3n) is 3.40. The van der Waals surface area contributed by atoms with E-state index in [2.05, 4.69) is 9.89 Å². The second-order valence-electron chi connectivity index (χ2n) is 5.38. The number of carbonyl (C=O) groups is 1. The Morgan fingerprint density at radius 2 is 1.90 bits per heavy atom. The van der Waals surface area contributed by atoms with Gasteiger partial charge in [0.15, 0.2) is 5.17 Å². The summed E-state index contributed by atoms with van der Waals surface area (Å²) in [6.45, 7) is 5.65. The molecule has 2 aliphatic heterocycles. The molecule has 0 saturated carbocycles. The van der Waals surface area contributed by atoms with Gasteiger partial charge < -0.3 is 9.64 Å². The largest absolute Gasteiger partial charge is 0.372 e. The van der Waals surface area contributed by atoms with Crippen molar-refractivity contribution in [2.45, 2.75) is 26.1 Å². The fourth-order valence-corrected chi connectivity index (χ4v) is 3.50. The van der Waals surface area contributed by atoms with Crippen molar-refractivity contribution in [2.75, 3.05) is 13.1 Å². The van der Waals surface area contributed by atoms with Gasteiger partial charge in [-0.05, 0) is 37.2 Å². The summed E-state index contributed by atoms with van der Waals surface area (Å²) in [4.78, 5) is 19.1. The Labute approximate surface area is 128 Å². The number of rotatable bonds is 1. The SMILES string of the molecule is C[C@H]1CN(C2=NC(=O)/C(=C/c3ccccc3)S2)C[C@H](C)O1. The lowest BCUT2D eigenvalue weighted by molar-refractivity contribution is -0.113. The Balaban J connectivity index is 1.74. The molecule has 4 nitrogen and oxygen atoms in total. The minimum Gasteiger partial charge on any atom is -0.372 e. The van der Waals surface area contributed by atoms with Gasteiger partial charge in [-0.15, -0.1) is 0 Å². The summed E-state index contributed by atoms with van der Waals surface area (Å²) < 4.78 is 5.72. The predicted octanol–water partition coefficient (Wildman–Crippen LogP) is 2.77. The van der Waals surface area contributed by atoms with E-state index in [4.69, 9.17) is 4.74 Å². The number of hydrogen-bond donors (Lipinski definition) is 0. The van der Waals surface area contributed by atoms with Gasteiger partial charge in [0.1, 0.15) is 0 Å². The maximum Gasteiger partial charge on any atom is 0.286 e. The van der Waals surface area contributed by atoms with E-state index in [0.717, 1.165) is 23.8 Å². The number of ether oxygens (including phenoxy) is 1. The van der Waals surface area contributed by atoms with Crippen LogP contribution in [0.3, 0.4) is 0 Å². The molecule has 0 unspecified atom stereocenters. The molecule has 21 heavy (non-hydrogen) atoms. The van der Waals surface area contributed by atoms with Crippen LogP contribution in [0, 0.1) is 0 Å². The molecule has 0 aromatic heterocycles. The number of amidine groups is 1. The Kier molecular flexibility index (Phi) is 4.12. The predicted molar refractivity (Wildman–Crippen MR) is 86.0 cm³/mol. The third kappa shape index (κ3) is 3.36. The van der Waals surface area contributed by atoms with Crippen LogP contribution >= 0.6 is 11.8 Å². The van der Waals surface area contributed by atoms with E-state index in [1.54, 1.807) is 0 Å². The molecule has 0 radical (unpaired) electrons. The number of carbonyl (C=O) groups excluding carboxylic acids is 1. The fourth-order valence-electron chi connectivity index (χ4n) is 2.57. The van der Waals surface area contributed by atoms with Gasteiger partial charge in [-0.25, -0.2) is 0 Å². The normalized spacial score (nSPS) is 28.1. The van der Waals surface area contributed by atoms with E-state index < -0.39 is 0 Å². The van der Waals surface area contributed by atoms with Crippen LogP contribution in [0.4, 0.5) is 0 Å². The highest BCUT2D eigenvalue weighted by Crippen LogP contribution is 2.31. The number of thioether (sulfide) groups is 1. The average molecular weight is 302 g/mol. The zero-order valence-corrected chi connectivity index (χ0v) is 13.0. The van der Waals surface area contributed by atoms with Gasteiger partial charge in [0.2, 0.25) is 0 Å². The van der Waals surface area contributed by atoms with Crippen molar-refractivity contribution in [3.05, 3.63) is 40.8 Å². The van der Waals surface area contributed by atoms with E-state index in [1.807, 2.05) is 50.3 Å². The molecular weight excluding hydrogens is 284 g/mol. The van der Waals surface area contributed by atoms with E-state index in [0.29, 0.717) is 4.91 Å². The maximum atomic E-state index is 12.1. The highest BCUT2D eigenvalue weighted by atomic mass is 32.2. The lowest BCUT2D eigenvalue weighted by Crippen LogP contribution is -2.47. The molecule has 0 spiro atoms. The lowest BCUT2D eigenvalue weighted by Gasteiger charge is -2.35. The molecule has 5 heteroatoms. The first-order chi connectivity index (χ1) is 10.1. The van der Waals surface area contributed by atoms with Crippen molar-refractivity contribution >= 4 is 28.9 Å². The van der Waals surface area contributed by atoms with Crippen molar-refractivity contribution in [3.8, 4) is 0 Å². The quantitative estimate of drug-likeness (QED) is 0.748. The molecular formula is C16H18N2O2S. The zero-order chi connectivity index (χ0) is 14.8. The molecule has 1 saturated heterocycles. The average Bonchev–Trinajstić information content (AvgIpc) is 2.80. The Morgan fingerprint density at radius 3 is 2.57 bits per heavy atom. The second-order valence-corrected chi connectivity index (χ2v) is 6.39. The van der Waals surface area contributed by atoms with Crippen LogP contribution < -0.4 is 0 Å². The summed E-state index contributed by atoms with van der Waals surface area (Å²) in [5.41, 5.74) is 1.02. The van der Waals surface area contributed by atoms with Crippen molar-refractivity contribution < 1.29 is 9.53 Å². The molecule has 1 aromatic rings. The molecule has 2 heterocycles. The Hall–Kier alpha value is -1.59. The molecule has 1 amide bonds. The first-order valence-corrected chi connectivity index (χ1v) is 7.91. The van der Waals surface area contributed by atoms with Crippen molar-refractivity contribution in [1.82, 2.24) is 4.90 Å². The van der Waals surface area contributed by atoms with Crippen LogP contribution in [-0.4, -0.2) is 41.3 Å². The number of benzene rings is 1. The van der Waals surface area contributed by atoms with Gasteiger partial charge in [0.25, 0.3) is 5.91 Å². The minimum absolute atomic E-state index is 0.148. The second kappa shape index (κ2) is 6.03. The molecule has 2 aliphatic rings. The summed E-state index contributed by atoms with van der Waals surface area (Å²) in [6, 6.07) is 9.85. The van der Waals surface area contributed by atoms with Crippen LogP contribution in [0.25, 0.3) is 6.08 Å². The van der Waals surface area contributed by atoms with Crippen molar-refractivity contribution in [2.24, 2.45) is 4.99 Å². The third-order valence-corrected chi connectivity index (χ3v) is 4.44. The summed E-state index contributed by atoms with van der Waals surface area (Å²) >= 11 is 1.46. The molecule has 0 aliphatic carbocycles. The summed E-state index contributed by atoms with van der Waals surface area (Å²) in [5, 5.41) is 0.796. The highest BCUT2D eigenvalue weighted by Gasteiger charge is 2.30. The van der Waals surface area contributed by atoms with E-state index in [9.17, 15) is 4.79 Å². The van der Waals surface area contributed by atoms with Crippen LogP contribution in [0.5, 0.6) is 0 Å². The first-order valence-electron chi connectivity index (χ1n) is 7.10. The van der Waals surface area contributed by atoms with E-state index in [1.165, 1.54) is 11.8 Å². The minimum atomic E-state index is -0.148. The van der Waals surface area contributed by atoms with E-state index in [-0.39, 0.29) is 18.1 Å². The Morgan fingerprint density at radius 1 is 1.24 bits per heavy atom. The monoisotopic (exact) mass is 302 g/mol. The number of morpholine rings is 1. The number of hydrogen-bond acceptors (Lipinski definition) is 4. The standard InChI is InChI=1S/C16H18N2O2S/c1-11-9-18(10-12(2)20-11)16-17-15(19)14(21-16)8-13-6-4-3-5-7-13/h3-8,11-12H,9-10H2,1-2H3/b14-8-/t11-,12-/m0/s1. The maximum absolute atomic E-state index is 12.1. The van der Waals surface area contributed by atoms with Gasteiger partial charge in [0, 0.05) is 13.1 Å². The number of nitrogens with zero attached hydrogens (tertiary/aromatic N) is 2. The highest BCUT2D eigenvalue weighted by molar-refractivity contribution is 8.18. The van der Waals surface area contributed by atoms with Gasteiger partial charge in [0.05, 0.1) is 17.1 Å². The topological polar surface area (TPSA) is 41.9 Å². The molecule has 1 aromatic carbocycles. The van der Waals surface area contributed by atoms with Crippen LogP contribution in [0.2, 0.25) is 0 Å². The smallest absolute Gasteiger partial charge is 0.286 e. The number of amides is 1. The Bertz CT molecular complexity index is 588. The van der Waals surface area contributed by atoms with Gasteiger partial charge in [-0.3, -0.25) is 4.79 Å². The first kappa shape index (κ1) is 14.4. The van der Waals surface area contributed by atoms with Crippen LogP contribution in [0.15, 0.2) is 40.2 Å².